The number of hydrogen-bond acceptors (Lipinski definition) is 4. The van der Waals surface area contributed by atoms with Gasteiger partial charge in [-0.25, -0.2) is 17.7 Å². The van der Waals surface area contributed by atoms with E-state index in [4.69, 9.17) is 11.6 Å². The molecule has 1 fully saturated rings. The fraction of sp³-hybridized carbons (Fsp3) is 0.167. The molecule has 176 valence electrons. The van der Waals surface area contributed by atoms with E-state index in [1.165, 1.54) is 24.3 Å². The van der Waals surface area contributed by atoms with Gasteiger partial charge in [-0.3, -0.25) is 9.59 Å². The molecule has 0 aliphatic carbocycles. The quantitative estimate of drug-likeness (QED) is 0.386. The first-order chi connectivity index (χ1) is 16.2. The minimum Gasteiger partial charge on any atom is -0.274 e. The molecule has 0 N–H and O–H groups in total. The van der Waals surface area contributed by atoms with E-state index < -0.39 is 33.7 Å². The van der Waals surface area contributed by atoms with Crippen molar-refractivity contribution in [3.05, 3.63) is 93.7 Å². The van der Waals surface area contributed by atoms with Gasteiger partial charge >= 0.3 is 0 Å². The maximum absolute atomic E-state index is 13.6. The molecule has 6 nitrogen and oxygen atoms in total. The van der Waals surface area contributed by atoms with Crippen LogP contribution in [0.2, 0.25) is 5.02 Å². The maximum atomic E-state index is 13.6. The first-order valence-electron chi connectivity index (χ1n) is 10.3. The molecule has 10 heteroatoms. The molecule has 1 aliphatic rings. The van der Waals surface area contributed by atoms with Gasteiger partial charge in [0.25, 0.3) is 5.91 Å². The van der Waals surface area contributed by atoms with E-state index >= 15 is 0 Å². The normalized spacial score (nSPS) is 16.5. The van der Waals surface area contributed by atoms with Crippen LogP contribution in [0.15, 0.2) is 82.2 Å². The van der Waals surface area contributed by atoms with Gasteiger partial charge in [0.1, 0.15) is 11.9 Å². The van der Waals surface area contributed by atoms with Gasteiger partial charge < -0.3 is 0 Å². The van der Waals surface area contributed by atoms with Gasteiger partial charge in [-0.2, -0.15) is 4.31 Å². The molecule has 0 radical (unpaired) electrons. The molecule has 3 aromatic rings. The predicted octanol–water partition coefficient (Wildman–Crippen LogP) is 4.81. The Morgan fingerprint density at radius 3 is 2.35 bits per heavy atom. The molecule has 0 spiro atoms. The van der Waals surface area contributed by atoms with Crippen LogP contribution >= 0.6 is 27.5 Å². The summed E-state index contributed by atoms with van der Waals surface area (Å²) in [6, 6.07) is 16.7. The summed E-state index contributed by atoms with van der Waals surface area (Å²) in [5, 5.41) is 0.509. The minimum absolute atomic E-state index is 0.00211. The zero-order chi connectivity index (χ0) is 24.5. The smallest absolute Gasteiger partial charge is 0.252 e. The minimum atomic E-state index is -4.13. The van der Waals surface area contributed by atoms with Crippen LogP contribution in [-0.4, -0.2) is 37.1 Å². The van der Waals surface area contributed by atoms with E-state index in [-0.39, 0.29) is 30.0 Å². The molecule has 0 aromatic heterocycles. The number of benzene rings is 3. The fourth-order valence-corrected chi connectivity index (χ4v) is 5.88. The Labute approximate surface area is 210 Å². The number of imide groups is 1. The third kappa shape index (κ3) is 5.07. The zero-order valence-electron chi connectivity index (χ0n) is 17.7. The lowest BCUT2D eigenvalue weighted by Crippen LogP contribution is -2.46. The van der Waals surface area contributed by atoms with E-state index in [9.17, 15) is 22.4 Å². The monoisotopic (exact) mass is 564 g/mol. The Kier molecular flexibility index (Phi) is 7.18. The Hall–Kier alpha value is -2.59. The van der Waals surface area contributed by atoms with Crippen molar-refractivity contribution in [1.82, 2.24) is 4.31 Å². The van der Waals surface area contributed by atoms with Crippen LogP contribution < -0.4 is 4.90 Å². The molecule has 1 unspecified atom stereocenters. The number of sulfonamides is 1. The van der Waals surface area contributed by atoms with Crippen LogP contribution in [0.3, 0.4) is 0 Å². The summed E-state index contributed by atoms with van der Waals surface area (Å²) in [5.74, 6) is -1.75. The maximum Gasteiger partial charge on any atom is 0.252 e. The van der Waals surface area contributed by atoms with Gasteiger partial charge in [0.2, 0.25) is 15.9 Å². The molecule has 4 rings (SSSR count). The summed E-state index contributed by atoms with van der Waals surface area (Å²) in [5.41, 5.74) is 0.977. The molecule has 1 atom stereocenters. The summed E-state index contributed by atoms with van der Waals surface area (Å²) >= 11 is 9.35. The summed E-state index contributed by atoms with van der Waals surface area (Å²) < 4.78 is 42.3. The van der Waals surface area contributed by atoms with Crippen LogP contribution in [0.1, 0.15) is 12.0 Å². The van der Waals surface area contributed by atoms with Gasteiger partial charge in [0.05, 0.1) is 17.0 Å². The Bertz CT molecular complexity index is 1330. The third-order valence-electron chi connectivity index (χ3n) is 5.49. The van der Waals surface area contributed by atoms with E-state index in [1.807, 2.05) is 6.07 Å². The number of hydrogen-bond donors (Lipinski definition) is 0. The molecule has 1 saturated heterocycles. The van der Waals surface area contributed by atoms with Gasteiger partial charge in [-0.1, -0.05) is 39.7 Å². The van der Waals surface area contributed by atoms with Crippen LogP contribution in [0.25, 0.3) is 0 Å². The SMILES string of the molecule is O=C1CC(N(CCc2cccc(Cl)c2)S(=O)(=O)c2ccc(Br)cc2)C(=O)N1c1ccc(F)cc1. The lowest BCUT2D eigenvalue weighted by Gasteiger charge is -2.27. The zero-order valence-corrected chi connectivity index (χ0v) is 20.9. The van der Waals surface area contributed by atoms with E-state index in [1.54, 1.807) is 30.3 Å². The van der Waals surface area contributed by atoms with Crippen LogP contribution in [0, 0.1) is 5.82 Å². The Morgan fingerprint density at radius 1 is 1.03 bits per heavy atom. The summed E-state index contributed by atoms with van der Waals surface area (Å²) in [6.07, 6.45) is -0.0354. The Balaban J connectivity index is 1.69. The topological polar surface area (TPSA) is 74.8 Å². The highest BCUT2D eigenvalue weighted by Gasteiger charge is 2.46. The molecule has 3 aromatic carbocycles. The predicted molar refractivity (Wildman–Crippen MR) is 130 cm³/mol. The first-order valence-corrected chi connectivity index (χ1v) is 12.9. The van der Waals surface area contributed by atoms with Gasteiger partial charge in [-0.15, -0.1) is 0 Å². The number of carbonyl (C=O) groups is 2. The highest BCUT2D eigenvalue weighted by atomic mass is 79.9. The van der Waals surface area contributed by atoms with Crippen molar-refractivity contribution in [3.63, 3.8) is 0 Å². The molecular formula is C24H19BrClFN2O4S. The number of amides is 2. The second-order valence-electron chi connectivity index (χ2n) is 7.71. The van der Waals surface area contributed by atoms with Crippen molar-refractivity contribution in [1.29, 1.82) is 0 Å². The molecule has 1 aliphatic heterocycles. The lowest BCUT2D eigenvalue weighted by molar-refractivity contribution is -0.122. The number of anilines is 1. The molecular weight excluding hydrogens is 547 g/mol. The summed E-state index contributed by atoms with van der Waals surface area (Å²) in [7, 11) is -4.13. The van der Waals surface area contributed by atoms with E-state index in [0.29, 0.717) is 9.50 Å². The van der Waals surface area contributed by atoms with Crippen molar-refractivity contribution in [2.45, 2.75) is 23.8 Å². The number of rotatable bonds is 7. The van der Waals surface area contributed by atoms with Crippen molar-refractivity contribution >= 4 is 55.1 Å². The van der Waals surface area contributed by atoms with E-state index in [2.05, 4.69) is 15.9 Å². The first kappa shape index (κ1) is 24.5. The molecule has 0 bridgehead atoms. The third-order valence-corrected chi connectivity index (χ3v) is 8.17. The summed E-state index contributed by atoms with van der Waals surface area (Å²) in [4.78, 5) is 27.0. The van der Waals surface area contributed by atoms with Crippen LogP contribution in [0.4, 0.5) is 10.1 Å². The van der Waals surface area contributed by atoms with Gasteiger partial charge in [0.15, 0.2) is 0 Å². The van der Waals surface area contributed by atoms with Crippen molar-refractivity contribution < 1.29 is 22.4 Å². The van der Waals surface area contributed by atoms with Crippen LogP contribution in [0.5, 0.6) is 0 Å². The molecule has 0 saturated carbocycles. The van der Waals surface area contributed by atoms with Crippen LogP contribution in [-0.2, 0) is 26.0 Å². The number of halogens is 3. The molecule has 2 amide bonds. The molecule has 34 heavy (non-hydrogen) atoms. The molecule has 1 heterocycles. The van der Waals surface area contributed by atoms with Crippen molar-refractivity contribution in [2.24, 2.45) is 0 Å². The second-order valence-corrected chi connectivity index (χ2v) is 11.0. The standard InChI is InChI=1S/C24H19BrClFN2O4S/c25-17-4-10-21(11-5-17)34(32,33)28(13-12-16-2-1-3-18(26)14-16)22-15-23(30)29(24(22)31)20-8-6-19(27)7-9-20/h1-11,14,22H,12-13,15H2. The second kappa shape index (κ2) is 9.95. The average molecular weight is 566 g/mol. The largest absolute Gasteiger partial charge is 0.274 e. The highest BCUT2D eigenvalue weighted by molar-refractivity contribution is 9.10. The van der Waals surface area contributed by atoms with Crippen molar-refractivity contribution in [2.75, 3.05) is 11.4 Å². The summed E-state index contributed by atoms with van der Waals surface area (Å²) in [6.45, 7) is -0.0420. The van der Waals surface area contributed by atoms with Gasteiger partial charge in [-0.05, 0) is 72.6 Å². The number of carbonyl (C=O) groups excluding carboxylic acids is 2. The number of nitrogens with zero attached hydrogens (tertiary/aromatic N) is 2. The average Bonchev–Trinajstić information content (AvgIpc) is 3.08. The Morgan fingerprint density at radius 2 is 1.71 bits per heavy atom. The fourth-order valence-electron chi connectivity index (χ4n) is 3.82. The highest BCUT2D eigenvalue weighted by Crippen LogP contribution is 2.30. The lowest BCUT2D eigenvalue weighted by atomic mass is 10.1. The van der Waals surface area contributed by atoms with Crippen molar-refractivity contribution in [3.8, 4) is 0 Å². The van der Waals surface area contributed by atoms with Gasteiger partial charge in [0, 0.05) is 16.0 Å². The van der Waals surface area contributed by atoms with E-state index in [0.717, 1.165) is 26.9 Å².